The van der Waals surface area contributed by atoms with Crippen LogP contribution in [0.2, 0.25) is 5.02 Å². The van der Waals surface area contributed by atoms with Crippen LogP contribution in [0.5, 0.6) is 0 Å². The lowest BCUT2D eigenvalue weighted by Gasteiger charge is -2.32. The van der Waals surface area contributed by atoms with E-state index < -0.39 is 5.60 Å². The maximum Gasteiger partial charge on any atom is 0.0917 e. The molecule has 1 unspecified atom stereocenters. The third-order valence-electron chi connectivity index (χ3n) is 3.26. The lowest BCUT2D eigenvalue weighted by atomic mass is 10.1. The van der Waals surface area contributed by atoms with Crippen molar-refractivity contribution in [3.05, 3.63) is 29.3 Å². The quantitative estimate of drug-likeness (QED) is 0.820. The fourth-order valence-corrected chi connectivity index (χ4v) is 2.45. The zero-order chi connectivity index (χ0) is 13.4. The van der Waals surface area contributed by atoms with E-state index in [4.69, 9.17) is 11.6 Å². The molecular weight excluding hydrogens is 248 g/mol. The Bertz CT molecular complexity index is 396. The molecule has 2 N–H and O–H groups in total. The van der Waals surface area contributed by atoms with Crippen molar-refractivity contribution in [2.75, 3.05) is 24.5 Å². The van der Waals surface area contributed by atoms with E-state index in [1.54, 1.807) is 0 Å². The summed E-state index contributed by atoms with van der Waals surface area (Å²) in [6.45, 7) is 8.24. The number of nitrogens with one attached hydrogen (secondary N) is 1. The minimum Gasteiger partial charge on any atom is -0.387 e. The van der Waals surface area contributed by atoms with E-state index >= 15 is 0 Å². The van der Waals surface area contributed by atoms with Gasteiger partial charge in [0, 0.05) is 35.9 Å². The number of rotatable bonds is 1. The summed E-state index contributed by atoms with van der Waals surface area (Å²) in [5, 5.41) is 14.5. The predicted molar refractivity (Wildman–Crippen MR) is 76.4 cm³/mol. The maximum absolute atomic E-state index is 10.3. The predicted octanol–water partition coefficient (Wildman–Crippen LogP) is 2.28. The number of nitrogens with zero attached hydrogens (tertiary/aromatic N) is 1. The molecule has 0 aliphatic carbocycles. The van der Waals surface area contributed by atoms with Crippen LogP contribution < -0.4 is 10.2 Å². The largest absolute Gasteiger partial charge is 0.387 e. The summed E-state index contributed by atoms with van der Waals surface area (Å²) >= 11 is 5.91. The second-order valence-electron chi connectivity index (χ2n) is 6.07. The molecule has 0 aromatic heterocycles. The molecule has 0 spiro atoms. The molecule has 1 aromatic rings. The first kappa shape index (κ1) is 13.7. The van der Waals surface area contributed by atoms with Crippen molar-refractivity contribution in [3.63, 3.8) is 0 Å². The summed E-state index contributed by atoms with van der Waals surface area (Å²) in [6, 6.07) is 7.77. The molecule has 1 aliphatic heterocycles. The molecule has 0 amide bonds. The summed E-state index contributed by atoms with van der Waals surface area (Å²) in [5.74, 6) is 0. The van der Waals surface area contributed by atoms with Crippen LogP contribution in [-0.4, -0.2) is 35.9 Å². The molecule has 0 saturated carbocycles. The van der Waals surface area contributed by atoms with E-state index in [9.17, 15) is 5.11 Å². The van der Waals surface area contributed by atoms with Crippen LogP contribution in [0.4, 0.5) is 5.69 Å². The second-order valence-corrected chi connectivity index (χ2v) is 6.50. The Kier molecular flexibility index (Phi) is 3.58. The number of anilines is 1. The molecular formula is C14H21ClN2O. The minimum atomic E-state index is -0.729. The first-order valence-electron chi connectivity index (χ1n) is 6.25. The van der Waals surface area contributed by atoms with Crippen LogP contribution in [0.25, 0.3) is 0 Å². The molecule has 18 heavy (non-hydrogen) atoms. The van der Waals surface area contributed by atoms with Crippen molar-refractivity contribution < 1.29 is 5.11 Å². The summed E-state index contributed by atoms with van der Waals surface area (Å²) in [6.07, 6.45) is 0. The average molecular weight is 269 g/mol. The van der Waals surface area contributed by atoms with Crippen molar-refractivity contribution in [2.45, 2.75) is 31.9 Å². The van der Waals surface area contributed by atoms with Crippen molar-refractivity contribution in [2.24, 2.45) is 0 Å². The van der Waals surface area contributed by atoms with E-state index in [1.165, 1.54) is 0 Å². The summed E-state index contributed by atoms with van der Waals surface area (Å²) < 4.78 is 0. The van der Waals surface area contributed by atoms with Crippen LogP contribution in [-0.2, 0) is 0 Å². The topological polar surface area (TPSA) is 35.5 Å². The van der Waals surface area contributed by atoms with Gasteiger partial charge >= 0.3 is 0 Å². The van der Waals surface area contributed by atoms with Crippen LogP contribution >= 0.6 is 11.6 Å². The fraction of sp³-hybridized carbons (Fsp3) is 0.571. The highest BCUT2D eigenvalue weighted by Gasteiger charge is 2.33. The highest BCUT2D eigenvalue weighted by molar-refractivity contribution is 6.30. The number of β-amino-alcohol motifs (C(OH)–C–C–N with tert-alkyl or cyclic N) is 1. The first-order chi connectivity index (χ1) is 8.27. The molecule has 1 atom stereocenters. The number of hydrogen-bond acceptors (Lipinski definition) is 3. The van der Waals surface area contributed by atoms with E-state index in [2.05, 4.69) is 24.1 Å². The van der Waals surface area contributed by atoms with Gasteiger partial charge in [-0.3, -0.25) is 0 Å². The Labute approximate surface area is 114 Å². The van der Waals surface area contributed by atoms with Gasteiger partial charge < -0.3 is 15.3 Å². The lowest BCUT2D eigenvalue weighted by Crippen LogP contribution is -2.47. The van der Waals surface area contributed by atoms with Crippen molar-refractivity contribution in [1.29, 1.82) is 0 Å². The number of hydrogen-bond donors (Lipinski definition) is 2. The number of benzene rings is 1. The van der Waals surface area contributed by atoms with Crippen LogP contribution in [0.3, 0.4) is 0 Å². The van der Waals surface area contributed by atoms with Crippen LogP contribution in [0, 0.1) is 0 Å². The van der Waals surface area contributed by atoms with Gasteiger partial charge in [0.2, 0.25) is 0 Å². The normalized spacial score (nSPS) is 27.9. The molecule has 1 heterocycles. The first-order valence-corrected chi connectivity index (χ1v) is 6.63. The molecule has 2 rings (SSSR count). The Balaban J connectivity index is 2.26. The van der Waals surface area contributed by atoms with E-state index in [1.807, 2.05) is 31.2 Å². The summed E-state index contributed by atoms with van der Waals surface area (Å²) in [7, 11) is 0. The molecule has 1 fully saturated rings. The van der Waals surface area contributed by atoms with Gasteiger partial charge in [-0.05, 0) is 45.0 Å². The van der Waals surface area contributed by atoms with Gasteiger partial charge in [0.15, 0.2) is 0 Å². The van der Waals surface area contributed by atoms with Gasteiger partial charge in [0.05, 0.1) is 5.60 Å². The molecule has 3 nitrogen and oxygen atoms in total. The van der Waals surface area contributed by atoms with Crippen LogP contribution in [0.15, 0.2) is 24.3 Å². The summed E-state index contributed by atoms with van der Waals surface area (Å²) in [5.41, 5.74) is 0.338. The zero-order valence-electron chi connectivity index (χ0n) is 11.2. The average Bonchev–Trinajstić information content (AvgIpc) is 2.36. The third-order valence-corrected chi connectivity index (χ3v) is 3.51. The van der Waals surface area contributed by atoms with E-state index in [0.29, 0.717) is 13.1 Å². The Morgan fingerprint density at radius 2 is 1.78 bits per heavy atom. The Hall–Kier alpha value is -0.770. The van der Waals surface area contributed by atoms with Gasteiger partial charge in [-0.25, -0.2) is 0 Å². The smallest absolute Gasteiger partial charge is 0.0917 e. The molecule has 1 aromatic carbocycles. The highest BCUT2D eigenvalue weighted by Crippen LogP contribution is 2.24. The highest BCUT2D eigenvalue weighted by atomic mass is 35.5. The molecule has 1 aliphatic rings. The molecule has 0 radical (unpaired) electrons. The van der Waals surface area contributed by atoms with E-state index in [-0.39, 0.29) is 5.54 Å². The van der Waals surface area contributed by atoms with Gasteiger partial charge in [0.1, 0.15) is 0 Å². The minimum absolute atomic E-state index is 0.0277. The third kappa shape index (κ3) is 3.37. The van der Waals surface area contributed by atoms with Crippen molar-refractivity contribution >= 4 is 17.3 Å². The summed E-state index contributed by atoms with van der Waals surface area (Å²) in [4.78, 5) is 2.20. The maximum atomic E-state index is 10.3. The van der Waals surface area contributed by atoms with Gasteiger partial charge in [0.25, 0.3) is 0 Å². The van der Waals surface area contributed by atoms with Gasteiger partial charge in [-0.15, -0.1) is 0 Å². The molecule has 0 bridgehead atoms. The molecule has 100 valence electrons. The van der Waals surface area contributed by atoms with E-state index in [0.717, 1.165) is 17.3 Å². The Morgan fingerprint density at radius 1 is 1.17 bits per heavy atom. The van der Waals surface area contributed by atoms with Crippen molar-refractivity contribution in [1.82, 2.24) is 5.32 Å². The fourth-order valence-electron chi connectivity index (χ4n) is 2.32. The zero-order valence-corrected chi connectivity index (χ0v) is 12.0. The SMILES string of the molecule is CC1(O)CNC(C)(C)CN(c2ccc(Cl)cc2)C1. The molecule has 4 heteroatoms. The van der Waals surface area contributed by atoms with Crippen molar-refractivity contribution in [3.8, 4) is 0 Å². The second kappa shape index (κ2) is 4.72. The standard InChI is InChI=1S/C14H21ClN2O/c1-13(2)9-17(10-14(3,18)8-16-13)12-6-4-11(15)5-7-12/h4-7,16,18H,8-10H2,1-3H3. The monoisotopic (exact) mass is 268 g/mol. The van der Waals surface area contributed by atoms with Gasteiger partial charge in [-0.1, -0.05) is 11.6 Å². The van der Waals surface area contributed by atoms with Gasteiger partial charge in [-0.2, -0.15) is 0 Å². The Morgan fingerprint density at radius 3 is 2.39 bits per heavy atom. The number of halogens is 1. The molecule has 1 saturated heterocycles. The lowest BCUT2D eigenvalue weighted by molar-refractivity contribution is 0.0696. The number of aliphatic hydroxyl groups is 1. The van der Waals surface area contributed by atoms with Crippen LogP contribution in [0.1, 0.15) is 20.8 Å².